The fourth-order valence-corrected chi connectivity index (χ4v) is 5.48. The number of hydrogen-bond donors (Lipinski definition) is 4. The largest absolute Gasteiger partial charge is 0.394 e. The monoisotopic (exact) mass is 726 g/mol. The normalized spacial score (nSPS) is 26.0. The summed E-state index contributed by atoms with van der Waals surface area (Å²) in [6, 6.07) is 0. The van der Waals surface area contributed by atoms with Gasteiger partial charge in [-0.3, -0.25) is 4.79 Å². The second-order valence-corrected chi connectivity index (χ2v) is 14.9. The molecule has 7 heteroatoms. The number of carbonyl (C=O) groups excluding carboxylic acids is 1. The molecule has 0 radical (unpaired) electrons. The summed E-state index contributed by atoms with van der Waals surface area (Å²) in [7, 11) is 0. The molecule has 0 aromatic heterocycles. The Balaban J connectivity index is 1.83. The molecule has 1 fully saturated rings. The maximum absolute atomic E-state index is 12.3. The molecule has 1 aliphatic carbocycles. The first-order valence-electron chi connectivity index (χ1n) is 18.2. The molecule has 1 aliphatic heterocycles. The van der Waals surface area contributed by atoms with Gasteiger partial charge in [-0.2, -0.15) is 0 Å². The Hall–Kier alpha value is -3.95. The Bertz CT molecular complexity index is 1660. The smallest absolute Gasteiger partial charge is 0.187 e. The van der Waals surface area contributed by atoms with Gasteiger partial charge in [0.15, 0.2) is 12.1 Å². The van der Waals surface area contributed by atoms with E-state index < -0.39 is 48.3 Å². The van der Waals surface area contributed by atoms with Crippen LogP contribution in [0.1, 0.15) is 75.7 Å². The lowest BCUT2D eigenvalue weighted by Gasteiger charge is -2.42. The maximum atomic E-state index is 12.3. The zero-order chi connectivity index (χ0) is 39.8. The summed E-state index contributed by atoms with van der Waals surface area (Å²) in [5, 5.41) is 39.7. The molecular weight excluding hydrogens is 664 g/mol. The first-order valence-corrected chi connectivity index (χ1v) is 18.2. The molecular formula is C46H62O7. The van der Waals surface area contributed by atoms with Crippen LogP contribution in [0.4, 0.5) is 0 Å². The lowest BCUT2D eigenvalue weighted by Crippen LogP contribution is -2.60. The van der Waals surface area contributed by atoms with E-state index in [1.807, 2.05) is 109 Å². The van der Waals surface area contributed by atoms with E-state index in [1.165, 1.54) is 0 Å². The van der Waals surface area contributed by atoms with E-state index in [1.54, 1.807) is 6.08 Å². The lowest BCUT2D eigenvalue weighted by atomic mass is 9.74. The number of rotatable bonds is 16. The van der Waals surface area contributed by atoms with Crippen LogP contribution in [0.2, 0.25) is 0 Å². The minimum absolute atomic E-state index is 0.132. The molecule has 0 aromatic carbocycles. The van der Waals surface area contributed by atoms with Gasteiger partial charge >= 0.3 is 0 Å². The molecule has 0 spiro atoms. The van der Waals surface area contributed by atoms with Crippen molar-refractivity contribution in [2.45, 2.75) is 112 Å². The highest BCUT2D eigenvalue weighted by Crippen LogP contribution is 2.35. The number of aliphatic hydroxyl groups is 4. The topological polar surface area (TPSA) is 116 Å². The van der Waals surface area contributed by atoms with Gasteiger partial charge in [0.1, 0.15) is 24.4 Å². The van der Waals surface area contributed by atoms with Crippen LogP contribution < -0.4 is 0 Å². The van der Waals surface area contributed by atoms with Crippen molar-refractivity contribution in [2.75, 3.05) is 6.61 Å². The zero-order valence-corrected chi connectivity index (χ0v) is 33.3. The van der Waals surface area contributed by atoms with Crippen LogP contribution in [0.15, 0.2) is 154 Å². The third-order valence-electron chi connectivity index (χ3n) is 8.97. The van der Waals surface area contributed by atoms with Crippen molar-refractivity contribution < 1.29 is 34.7 Å². The number of aliphatic hydroxyl groups excluding tert-OH is 4. The highest BCUT2D eigenvalue weighted by molar-refractivity contribution is 5.99. The molecule has 53 heavy (non-hydrogen) atoms. The summed E-state index contributed by atoms with van der Waals surface area (Å²) in [5.41, 5.74) is 6.46. The van der Waals surface area contributed by atoms with E-state index in [0.29, 0.717) is 6.42 Å². The third-order valence-corrected chi connectivity index (χ3v) is 8.97. The maximum Gasteiger partial charge on any atom is 0.187 e. The number of allylic oxidation sites excluding steroid dienone is 25. The molecule has 2 aliphatic rings. The molecule has 7 nitrogen and oxygen atoms in total. The van der Waals surface area contributed by atoms with E-state index in [9.17, 15) is 25.2 Å². The number of ketones is 1. The van der Waals surface area contributed by atoms with Gasteiger partial charge < -0.3 is 29.9 Å². The second-order valence-electron chi connectivity index (χ2n) is 14.9. The highest BCUT2D eigenvalue weighted by Gasteiger charge is 2.45. The predicted octanol–water partition coefficient (Wildman–Crippen LogP) is 8.52. The molecule has 0 unspecified atom stereocenters. The van der Waals surface area contributed by atoms with Crippen molar-refractivity contribution in [3.8, 4) is 0 Å². The van der Waals surface area contributed by atoms with Gasteiger partial charge in [0, 0.05) is 0 Å². The van der Waals surface area contributed by atoms with Gasteiger partial charge in [-0.25, -0.2) is 0 Å². The molecule has 0 bridgehead atoms. The summed E-state index contributed by atoms with van der Waals surface area (Å²) in [4.78, 5) is 12.3. The molecule has 1 saturated heterocycles. The van der Waals surface area contributed by atoms with Crippen LogP contribution in [-0.2, 0) is 14.3 Å². The van der Waals surface area contributed by atoms with E-state index >= 15 is 0 Å². The zero-order valence-electron chi connectivity index (χ0n) is 33.3. The third kappa shape index (κ3) is 15.5. The minimum atomic E-state index is -1.47. The standard InChI is InChI=1S/C46H62O7/c1-32(17-11-12-18-33(2)20-15-24-36(5)26-28-38-37(6)27-29-40(48)46(38,9)10)19-13-21-34(3)22-14-23-35(4)25-16-30-45(7,8)53-44-43(51)42(50)41(49)39(31-47)52-44/h11-29,39,41-44,47,49-51H,30-31H2,1-10H3/b12-11+,19-13+,20-15+,22-14+,25-16+,28-26+,32-17+,33-18+,34-21+,35-23+,36-24+/t39-,41-,42+,43-,44-/m1/s1. The van der Waals surface area contributed by atoms with Crippen molar-refractivity contribution in [3.63, 3.8) is 0 Å². The summed E-state index contributed by atoms with van der Waals surface area (Å²) in [6.07, 6.45) is 32.2. The molecule has 1 heterocycles. The molecule has 0 amide bonds. The Kier molecular flexibility index (Phi) is 18.5. The van der Waals surface area contributed by atoms with Gasteiger partial charge in [-0.05, 0) is 92.9 Å². The summed E-state index contributed by atoms with van der Waals surface area (Å²) < 4.78 is 11.4. The quantitative estimate of drug-likeness (QED) is 0.118. The number of ether oxygens (including phenoxy) is 2. The van der Waals surface area contributed by atoms with Gasteiger partial charge in [0.05, 0.1) is 17.6 Å². The van der Waals surface area contributed by atoms with Crippen LogP contribution in [-0.4, -0.2) is 69.1 Å². The van der Waals surface area contributed by atoms with Crippen LogP contribution >= 0.6 is 0 Å². The van der Waals surface area contributed by atoms with Crippen molar-refractivity contribution >= 4 is 5.78 Å². The fraction of sp³-hybridized carbons (Fsp3) is 0.413. The van der Waals surface area contributed by atoms with Gasteiger partial charge in [0.25, 0.3) is 0 Å². The average molecular weight is 727 g/mol. The molecule has 2 rings (SSSR count). The van der Waals surface area contributed by atoms with Crippen molar-refractivity contribution in [3.05, 3.63) is 154 Å². The lowest BCUT2D eigenvalue weighted by molar-refractivity contribution is -0.322. The van der Waals surface area contributed by atoms with Crippen molar-refractivity contribution in [1.29, 1.82) is 0 Å². The van der Waals surface area contributed by atoms with Crippen molar-refractivity contribution in [1.82, 2.24) is 0 Å². The van der Waals surface area contributed by atoms with Crippen LogP contribution in [0.5, 0.6) is 0 Å². The van der Waals surface area contributed by atoms with Crippen LogP contribution in [0.25, 0.3) is 0 Å². The number of carbonyl (C=O) groups is 1. The van der Waals surface area contributed by atoms with Gasteiger partial charge in [-0.1, -0.05) is 137 Å². The van der Waals surface area contributed by atoms with Gasteiger partial charge in [-0.15, -0.1) is 0 Å². The molecule has 0 aromatic rings. The van der Waals surface area contributed by atoms with Crippen LogP contribution in [0.3, 0.4) is 0 Å². The summed E-state index contributed by atoms with van der Waals surface area (Å²) in [5.74, 6) is 0.132. The number of hydrogen-bond acceptors (Lipinski definition) is 7. The van der Waals surface area contributed by atoms with E-state index in [2.05, 4.69) is 69.4 Å². The Labute approximate surface area is 318 Å². The SMILES string of the molecule is CC1=C(/C=C/C(C)=C/C=C/C(C)=C/C=C/C=C(C)/C=C/C=C(C)/C=C/C=C(C)/C=C/CC(C)(C)O[C@H]2O[C@H](CO)[C@@H](O)[C@H](O)[C@H]2O)C(C)(C)C(=O)C=C1. The van der Waals surface area contributed by atoms with E-state index in [-0.39, 0.29) is 5.78 Å². The molecule has 4 N–H and O–H groups in total. The second kappa shape index (κ2) is 21.7. The van der Waals surface area contributed by atoms with Crippen molar-refractivity contribution in [2.24, 2.45) is 5.41 Å². The molecule has 288 valence electrons. The predicted molar refractivity (Wildman–Crippen MR) is 218 cm³/mol. The first-order chi connectivity index (χ1) is 24.9. The molecule has 5 atom stereocenters. The Morgan fingerprint density at radius 1 is 0.736 bits per heavy atom. The highest BCUT2D eigenvalue weighted by atomic mass is 16.7. The van der Waals surface area contributed by atoms with E-state index in [4.69, 9.17) is 9.47 Å². The van der Waals surface area contributed by atoms with E-state index in [0.717, 1.165) is 39.0 Å². The summed E-state index contributed by atoms with van der Waals surface area (Å²) in [6.45, 7) is 19.4. The van der Waals surface area contributed by atoms with Gasteiger partial charge in [0.2, 0.25) is 0 Å². The molecule has 0 saturated carbocycles. The first kappa shape index (κ1) is 45.2. The Morgan fingerprint density at radius 2 is 1.21 bits per heavy atom. The fourth-order valence-electron chi connectivity index (χ4n) is 5.48. The van der Waals surface area contributed by atoms with Crippen LogP contribution in [0, 0.1) is 5.41 Å². The Morgan fingerprint density at radius 3 is 1.72 bits per heavy atom. The minimum Gasteiger partial charge on any atom is -0.394 e. The summed E-state index contributed by atoms with van der Waals surface area (Å²) >= 11 is 0. The average Bonchev–Trinajstić information content (AvgIpc) is 3.08.